The monoisotopic (exact) mass is 122 g/mol. The highest BCUT2D eigenvalue weighted by Crippen LogP contribution is 2.15. The van der Waals surface area contributed by atoms with E-state index < -0.39 is 0 Å². The van der Waals surface area contributed by atoms with E-state index in [0.29, 0.717) is 11.3 Å². The number of allylic oxidation sites excluding steroid dienone is 1. The van der Waals surface area contributed by atoms with Crippen LogP contribution in [-0.2, 0) is 0 Å². The number of halogens is 2. The van der Waals surface area contributed by atoms with Crippen LogP contribution in [0.3, 0.4) is 0 Å². The van der Waals surface area contributed by atoms with Crippen LogP contribution in [0.1, 0.15) is 6.42 Å². The third kappa shape index (κ3) is 4.19. The summed E-state index contributed by atoms with van der Waals surface area (Å²) >= 11 is 10.3. The lowest BCUT2D eigenvalue weighted by Crippen LogP contribution is -1.66. The minimum absolute atomic E-state index is 0.310. The Bertz CT molecular complexity index is 40.8. The molecule has 0 bridgehead atoms. The highest BCUT2D eigenvalue weighted by Gasteiger charge is 2.01. The van der Waals surface area contributed by atoms with Crippen LogP contribution in [-0.4, -0.2) is 0 Å². The molecular formula is C4H4Cl2. The van der Waals surface area contributed by atoms with Crippen LogP contribution < -0.4 is 0 Å². The van der Waals surface area contributed by atoms with Gasteiger partial charge in [-0.3, -0.25) is 6.58 Å². The molecule has 0 N–H and O–H groups in total. The summed E-state index contributed by atoms with van der Waals surface area (Å²) in [5, 5.41) is 0. The van der Waals surface area contributed by atoms with Crippen molar-refractivity contribution in [2.24, 2.45) is 0 Å². The summed E-state index contributed by atoms with van der Waals surface area (Å²) in [7, 11) is 0. The van der Waals surface area contributed by atoms with Crippen LogP contribution in [0.25, 0.3) is 0 Å². The molecule has 0 atom stereocenters. The molecule has 0 spiro atoms. The molecule has 0 rings (SSSR count). The van der Waals surface area contributed by atoms with Crippen molar-refractivity contribution in [3.8, 4) is 0 Å². The fourth-order valence-corrected chi connectivity index (χ4v) is 0.283. The third-order valence-electron chi connectivity index (χ3n) is 0.259. The van der Waals surface area contributed by atoms with Gasteiger partial charge in [0.15, 0.2) is 23.2 Å². The highest BCUT2D eigenvalue weighted by molar-refractivity contribution is 6.52. The van der Waals surface area contributed by atoms with Crippen molar-refractivity contribution in [2.75, 3.05) is 0 Å². The molecule has 0 saturated carbocycles. The van der Waals surface area contributed by atoms with Crippen molar-refractivity contribution < 1.29 is 0 Å². The quantitative estimate of drug-likeness (QED) is 0.494. The molecule has 2 heteroatoms. The lowest BCUT2D eigenvalue weighted by Gasteiger charge is -1.83. The molecule has 0 radical (unpaired) electrons. The van der Waals surface area contributed by atoms with Crippen molar-refractivity contribution in [3.63, 3.8) is 0 Å². The Balaban J connectivity index is 2.81. The van der Waals surface area contributed by atoms with E-state index in [1.165, 1.54) is 0 Å². The Hall–Kier alpha value is 0.190. The maximum absolute atomic E-state index is 5.16. The van der Waals surface area contributed by atoms with Crippen molar-refractivity contribution in [1.82, 2.24) is 0 Å². The molecule has 0 aromatic rings. The van der Waals surface area contributed by atoms with Gasteiger partial charge in [0.25, 0.3) is 4.84 Å². The second-order valence-electron chi connectivity index (χ2n) is 0.765. The van der Waals surface area contributed by atoms with Gasteiger partial charge in [-0.25, -0.2) is 0 Å². The lowest BCUT2D eigenvalue weighted by molar-refractivity contribution is 1.28. The van der Waals surface area contributed by atoms with E-state index in [4.69, 9.17) is 23.2 Å². The normalized spacial score (nSPS) is 7.67. The predicted octanol–water partition coefficient (Wildman–Crippen LogP) is 2.33. The summed E-state index contributed by atoms with van der Waals surface area (Å²) in [4.78, 5) is 0.310. The maximum Gasteiger partial charge on any atom is 0.278 e. The predicted molar refractivity (Wildman–Crippen MR) is 28.4 cm³/mol. The van der Waals surface area contributed by atoms with Crippen LogP contribution in [0.5, 0.6) is 0 Å². The van der Waals surface area contributed by atoms with Gasteiger partial charge in [0, 0.05) is 6.42 Å². The van der Waals surface area contributed by atoms with Gasteiger partial charge < -0.3 is 6.08 Å². The second kappa shape index (κ2) is 3.38. The van der Waals surface area contributed by atoms with E-state index >= 15 is 0 Å². The second-order valence-corrected chi connectivity index (χ2v) is 1.87. The SMILES string of the molecule is C=[C-]C[C+](Cl)Cl. The minimum atomic E-state index is 0.310. The first-order chi connectivity index (χ1) is 2.77. The summed E-state index contributed by atoms with van der Waals surface area (Å²) in [6.45, 7) is 3.29. The molecule has 0 heterocycles. The standard InChI is InChI=1S/C4H4Cl2/c1-2-3-4(5)6/h1,3H2. The average Bonchev–Trinajstić information content (AvgIpc) is 1.35. The van der Waals surface area contributed by atoms with Crippen molar-refractivity contribution in [2.45, 2.75) is 6.42 Å². The van der Waals surface area contributed by atoms with Crippen molar-refractivity contribution in [3.05, 3.63) is 17.5 Å². The van der Waals surface area contributed by atoms with E-state index in [1.54, 1.807) is 0 Å². The Labute approximate surface area is 47.8 Å². The molecule has 0 nitrogen and oxygen atoms in total. The third-order valence-corrected chi connectivity index (χ3v) is 0.526. The Morgan fingerprint density at radius 1 is 1.67 bits per heavy atom. The summed E-state index contributed by atoms with van der Waals surface area (Å²) in [5.74, 6) is 0. The Kier molecular flexibility index (Phi) is 3.49. The first-order valence-corrected chi connectivity index (χ1v) is 2.19. The summed E-state index contributed by atoms with van der Waals surface area (Å²) < 4.78 is 0. The fourth-order valence-electron chi connectivity index (χ4n) is 0.0945. The molecule has 0 aliphatic heterocycles. The molecule has 0 unspecified atom stereocenters. The van der Waals surface area contributed by atoms with Gasteiger partial charge in [0.05, 0.1) is 0 Å². The molecule has 0 aliphatic carbocycles. The molecule has 0 aromatic carbocycles. The van der Waals surface area contributed by atoms with Crippen molar-refractivity contribution >= 4 is 23.2 Å². The van der Waals surface area contributed by atoms with Gasteiger partial charge in [-0.05, 0) is 0 Å². The molecular weight excluding hydrogens is 119 g/mol. The van der Waals surface area contributed by atoms with Crippen molar-refractivity contribution in [1.29, 1.82) is 0 Å². The van der Waals surface area contributed by atoms with Crippen LogP contribution >= 0.6 is 23.2 Å². The average molecular weight is 123 g/mol. The lowest BCUT2D eigenvalue weighted by atomic mass is 10.5. The Morgan fingerprint density at radius 3 is 2.17 bits per heavy atom. The first kappa shape index (κ1) is 6.19. The van der Waals surface area contributed by atoms with Crippen LogP contribution in [0, 0.1) is 10.9 Å². The number of rotatable bonds is 2. The van der Waals surface area contributed by atoms with Crippen LogP contribution in [0.15, 0.2) is 6.58 Å². The highest BCUT2D eigenvalue weighted by atomic mass is 35.5. The van der Waals surface area contributed by atoms with Gasteiger partial charge in [-0.15, -0.1) is 0 Å². The smallest absolute Gasteiger partial charge is 0.278 e. The van der Waals surface area contributed by atoms with E-state index in [1.807, 2.05) is 0 Å². The molecule has 0 saturated heterocycles. The topological polar surface area (TPSA) is 0 Å². The van der Waals surface area contributed by atoms with Gasteiger partial charge in [0.1, 0.15) is 0 Å². The molecule has 0 aliphatic rings. The summed E-state index contributed by atoms with van der Waals surface area (Å²) in [6, 6.07) is 0. The molecule has 0 amide bonds. The summed E-state index contributed by atoms with van der Waals surface area (Å²) in [5.41, 5.74) is 0. The van der Waals surface area contributed by atoms with E-state index in [2.05, 4.69) is 12.7 Å². The molecule has 0 aromatic heterocycles. The largest absolute Gasteiger partial charge is 0.454 e. The van der Waals surface area contributed by atoms with Crippen LogP contribution in [0.4, 0.5) is 0 Å². The zero-order chi connectivity index (χ0) is 4.99. The first-order valence-electron chi connectivity index (χ1n) is 1.44. The zero-order valence-electron chi connectivity index (χ0n) is 3.17. The fraction of sp³-hybridized carbons (Fsp3) is 0.250. The van der Waals surface area contributed by atoms with E-state index in [0.717, 1.165) is 0 Å². The zero-order valence-corrected chi connectivity index (χ0v) is 4.68. The van der Waals surface area contributed by atoms with Gasteiger partial charge in [0.2, 0.25) is 0 Å². The Morgan fingerprint density at radius 2 is 2.17 bits per heavy atom. The summed E-state index contributed by atoms with van der Waals surface area (Å²) in [6.07, 6.45) is 2.98. The number of hydrogen-bond donors (Lipinski definition) is 0. The molecule has 34 valence electrons. The van der Waals surface area contributed by atoms with Gasteiger partial charge in [-0.2, -0.15) is 0 Å². The van der Waals surface area contributed by atoms with E-state index in [9.17, 15) is 0 Å². The number of hydrogen-bond acceptors (Lipinski definition) is 0. The maximum atomic E-state index is 5.16. The van der Waals surface area contributed by atoms with Gasteiger partial charge in [-0.1, -0.05) is 0 Å². The molecule has 0 fully saturated rings. The minimum Gasteiger partial charge on any atom is -0.454 e. The van der Waals surface area contributed by atoms with E-state index in [-0.39, 0.29) is 0 Å². The van der Waals surface area contributed by atoms with Gasteiger partial charge >= 0.3 is 0 Å². The van der Waals surface area contributed by atoms with Crippen LogP contribution in [0.2, 0.25) is 0 Å². The molecule has 6 heavy (non-hydrogen) atoms.